The van der Waals surface area contributed by atoms with Crippen molar-refractivity contribution in [1.29, 1.82) is 0 Å². The van der Waals surface area contributed by atoms with Gasteiger partial charge in [-0.05, 0) is 30.3 Å². The minimum atomic E-state index is -0.969. The summed E-state index contributed by atoms with van der Waals surface area (Å²) in [5.74, 6) is -0.969. The Hall–Kier alpha value is -1.45. The van der Waals surface area contributed by atoms with Crippen molar-refractivity contribution in [2.45, 2.75) is 0 Å². The Bertz CT molecular complexity index is 590. The monoisotopic (exact) mass is 269 g/mol. The Balaban J connectivity index is 2.57. The van der Waals surface area contributed by atoms with Gasteiger partial charge in [0.15, 0.2) is 0 Å². The lowest BCUT2D eigenvalue weighted by Gasteiger charge is -2.07. The first-order valence-corrected chi connectivity index (χ1v) is 5.60. The highest BCUT2D eigenvalue weighted by molar-refractivity contribution is 6.36. The number of aromatic carboxylic acids is 1. The van der Waals surface area contributed by atoms with Gasteiger partial charge in [-0.25, -0.2) is 4.79 Å². The van der Waals surface area contributed by atoms with E-state index in [9.17, 15) is 4.79 Å². The summed E-state index contributed by atoms with van der Waals surface area (Å²) in [5, 5.41) is 10.0. The Morgan fingerprint density at radius 3 is 2.47 bits per heavy atom. The van der Waals surface area contributed by atoms with Gasteiger partial charge < -0.3 is 9.67 Å². The number of carboxylic acid groups (broad SMARTS) is 1. The Labute approximate surface area is 108 Å². The Morgan fingerprint density at radius 2 is 1.94 bits per heavy atom. The largest absolute Gasteiger partial charge is 0.477 e. The number of hydrogen-bond donors (Lipinski definition) is 1. The van der Waals surface area contributed by atoms with E-state index in [1.54, 1.807) is 41.9 Å². The zero-order valence-corrected chi connectivity index (χ0v) is 10.5. The fourth-order valence-electron chi connectivity index (χ4n) is 1.69. The summed E-state index contributed by atoms with van der Waals surface area (Å²) < 4.78 is 1.58. The van der Waals surface area contributed by atoms with E-state index in [-0.39, 0.29) is 5.69 Å². The van der Waals surface area contributed by atoms with Crippen LogP contribution in [-0.4, -0.2) is 15.6 Å². The van der Waals surface area contributed by atoms with Crippen LogP contribution in [0.5, 0.6) is 0 Å². The van der Waals surface area contributed by atoms with Crippen LogP contribution in [0.15, 0.2) is 30.3 Å². The van der Waals surface area contributed by atoms with E-state index in [4.69, 9.17) is 28.3 Å². The van der Waals surface area contributed by atoms with E-state index in [2.05, 4.69) is 0 Å². The first-order valence-electron chi connectivity index (χ1n) is 4.85. The molecule has 88 valence electrons. The summed E-state index contributed by atoms with van der Waals surface area (Å²) in [6.07, 6.45) is 0. The zero-order valence-electron chi connectivity index (χ0n) is 8.95. The van der Waals surface area contributed by atoms with Gasteiger partial charge in [-0.2, -0.15) is 0 Å². The second kappa shape index (κ2) is 4.43. The highest BCUT2D eigenvalue weighted by Crippen LogP contribution is 2.31. The molecule has 0 saturated heterocycles. The highest BCUT2D eigenvalue weighted by Gasteiger charge is 2.14. The normalized spacial score (nSPS) is 10.5. The van der Waals surface area contributed by atoms with Crippen molar-refractivity contribution in [3.05, 3.63) is 46.1 Å². The smallest absolute Gasteiger partial charge is 0.352 e. The molecule has 2 rings (SSSR count). The fourth-order valence-corrected chi connectivity index (χ4v) is 2.20. The second-order valence-corrected chi connectivity index (χ2v) is 4.44. The summed E-state index contributed by atoms with van der Waals surface area (Å²) in [6, 6.07) is 8.38. The minimum Gasteiger partial charge on any atom is -0.477 e. The number of carbonyl (C=O) groups is 1. The van der Waals surface area contributed by atoms with Crippen LogP contribution in [0, 0.1) is 0 Å². The molecular formula is C12H9Cl2NO2. The van der Waals surface area contributed by atoms with Crippen LogP contribution < -0.4 is 0 Å². The summed E-state index contributed by atoms with van der Waals surface area (Å²) in [6.45, 7) is 0. The van der Waals surface area contributed by atoms with Crippen LogP contribution in [0.25, 0.3) is 11.3 Å². The van der Waals surface area contributed by atoms with Crippen LogP contribution in [0.4, 0.5) is 0 Å². The average Bonchev–Trinajstić information content (AvgIpc) is 2.60. The summed E-state index contributed by atoms with van der Waals surface area (Å²) in [5.41, 5.74) is 1.71. The summed E-state index contributed by atoms with van der Waals surface area (Å²) in [7, 11) is 1.68. The molecule has 0 aliphatic carbocycles. The molecule has 0 aliphatic rings. The van der Waals surface area contributed by atoms with Crippen molar-refractivity contribution < 1.29 is 9.90 Å². The lowest BCUT2D eigenvalue weighted by molar-refractivity contribution is 0.0687. The van der Waals surface area contributed by atoms with Crippen LogP contribution in [-0.2, 0) is 7.05 Å². The minimum absolute atomic E-state index is 0.214. The average molecular weight is 270 g/mol. The number of carboxylic acids is 1. The molecule has 0 saturated carbocycles. The molecule has 1 heterocycles. The molecule has 0 unspecified atom stereocenters. The van der Waals surface area contributed by atoms with Crippen molar-refractivity contribution >= 4 is 29.2 Å². The molecule has 0 bridgehead atoms. The molecule has 17 heavy (non-hydrogen) atoms. The van der Waals surface area contributed by atoms with Crippen LogP contribution in [0.3, 0.4) is 0 Å². The van der Waals surface area contributed by atoms with Crippen LogP contribution in [0.1, 0.15) is 10.5 Å². The molecule has 1 aromatic heterocycles. The van der Waals surface area contributed by atoms with Gasteiger partial charge in [0.2, 0.25) is 0 Å². The molecule has 2 aromatic rings. The maximum atomic E-state index is 10.9. The molecule has 0 amide bonds. The third-order valence-corrected chi connectivity index (χ3v) is 3.10. The lowest BCUT2D eigenvalue weighted by Crippen LogP contribution is -2.05. The summed E-state index contributed by atoms with van der Waals surface area (Å²) >= 11 is 11.9. The number of halogens is 2. The van der Waals surface area contributed by atoms with Crippen molar-refractivity contribution in [3.8, 4) is 11.3 Å². The second-order valence-electron chi connectivity index (χ2n) is 3.59. The van der Waals surface area contributed by atoms with E-state index in [1.807, 2.05) is 0 Å². The van der Waals surface area contributed by atoms with Gasteiger partial charge in [-0.15, -0.1) is 0 Å². The predicted octanol–water partition coefficient (Wildman–Crippen LogP) is 3.70. The first-order chi connectivity index (χ1) is 8.00. The summed E-state index contributed by atoms with van der Waals surface area (Å²) in [4.78, 5) is 10.9. The molecule has 1 aromatic carbocycles. The van der Waals surface area contributed by atoms with Gasteiger partial charge in [-0.3, -0.25) is 0 Å². The van der Waals surface area contributed by atoms with Gasteiger partial charge >= 0.3 is 5.97 Å². The van der Waals surface area contributed by atoms with Gasteiger partial charge in [0, 0.05) is 23.3 Å². The molecule has 0 atom stereocenters. The van der Waals surface area contributed by atoms with Crippen molar-refractivity contribution in [3.63, 3.8) is 0 Å². The molecule has 0 fully saturated rings. The number of hydrogen-bond acceptors (Lipinski definition) is 1. The highest BCUT2D eigenvalue weighted by atomic mass is 35.5. The molecule has 0 aliphatic heterocycles. The van der Waals surface area contributed by atoms with Gasteiger partial charge in [0.1, 0.15) is 5.69 Å². The molecular weight excluding hydrogens is 261 g/mol. The maximum Gasteiger partial charge on any atom is 0.352 e. The lowest BCUT2D eigenvalue weighted by atomic mass is 10.1. The van der Waals surface area contributed by atoms with Gasteiger partial charge in [0.05, 0.1) is 5.02 Å². The SMILES string of the molecule is Cn1c(C(=O)O)ccc1-c1ccc(Cl)cc1Cl. The van der Waals surface area contributed by atoms with E-state index in [1.165, 1.54) is 0 Å². The van der Waals surface area contributed by atoms with E-state index in [0.29, 0.717) is 10.0 Å². The third kappa shape index (κ3) is 2.16. The van der Waals surface area contributed by atoms with Gasteiger partial charge in [0.25, 0.3) is 0 Å². The molecule has 1 N–H and O–H groups in total. The van der Waals surface area contributed by atoms with Crippen molar-refractivity contribution in [1.82, 2.24) is 4.57 Å². The van der Waals surface area contributed by atoms with Crippen molar-refractivity contribution in [2.75, 3.05) is 0 Å². The maximum absolute atomic E-state index is 10.9. The zero-order chi connectivity index (χ0) is 12.6. The number of aromatic nitrogens is 1. The standard InChI is InChI=1S/C12H9Cl2NO2/c1-15-10(4-5-11(15)12(16)17)8-3-2-7(13)6-9(8)14/h2-6H,1H3,(H,16,17). The van der Waals surface area contributed by atoms with Crippen molar-refractivity contribution in [2.24, 2.45) is 7.05 Å². The quantitative estimate of drug-likeness (QED) is 0.904. The van der Waals surface area contributed by atoms with Crippen LogP contribution in [0.2, 0.25) is 10.0 Å². The van der Waals surface area contributed by atoms with E-state index < -0.39 is 5.97 Å². The molecule has 3 nitrogen and oxygen atoms in total. The van der Waals surface area contributed by atoms with Gasteiger partial charge in [-0.1, -0.05) is 23.2 Å². The fraction of sp³-hybridized carbons (Fsp3) is 0.0833. The number of rotatable bonds is 2. The number of benzene rings is 1. The predicted molar refractivity (Wildman–Crippen MR) is 67.8 cm³/mol. The Kier molecular flexibility index (Phi) is 3.13. The molecule has 0 spiro atoms. The molecule has 0 radical (unpaired) electrons. The van der Waals surface area contributed by atoms with E-state index >= 15 is 0 Å². The topological polar surface area (TPSA) is 42.2 Å². The van der Waals surface area contributed by atoms with E-state index in [0.717, 1.165) is 11.3 Å². The Morgan fingerprint density at radius 1 is 1.24 bits per heavy atom. The van der Waals surface area contributed by atoms with Crippen LogP contribution >= 0.6 is 23.2 Å². The number of nitrogens with zero attached hydrogens (tertiary/aromatic N) is 1. The molecule has 5 heteroatoms. The first kappa shape index (κ1) is 12.0. The third-order valence-electron chi connectivity index (χ3n) is 2.55.